The lowest BCUT2D eigenvalue weighted by atomic mass is 9.78. The van der Waals surface area contributed by atoms with Crippen LogP contribution in [-0.2, 0) is 17.4 Å². The Morgan fingerprint density at radius 3 is 1.93 bits per heavy atom. The number of hydrogen-bond acceptors (Lipinski definition) is 3. The third kappa shape index (κ3) is 5.30. The molecule has 28 heavy (non-hydrogen) atoms. The van der Waals surface area contributed by atoms with Crippen LogP contribution in [0.4, 0.5) is 0 Å². The van der Waals surface area contributed by atoms with Crippen LogP contribution in [0.5, 0.6) is 5.75 Å². The van der Waals surface area contributed by atoms with Crippen LogP contribution in [0.1, 0.15) is 83.9 Å². The van der Waals surface area contributed by atoms with Crippen LogP contribution >= 0.6 is 0 Å². The van der Waals surface area contributed by atoms with Crippen LogP contribution in [0.25, 0.3) is 0 Å². The zero-order valence-corrected chi connectivity index (χ0v) is 20.1. The number of nitrogens with zero attached hydrogens (tertiary/aromatic N) is 2. The summed E-state index contributed by atoms with van der Waals surface area (Å²) in [5.74, 6) is 1.07. The predicted molar refractivity (Wildman–Crippen MR) is 122 cm³/mol. The number of benzene rings is 1. The summed E-state index contributed by atoms with van der Waals surface area (Å²) < 4.78 is 6.00. The molecule has 0 heterocycles. The molecule has 0 saturated heterocycles. The lowest BCUT2D eigenvalue weighted by molar-refractivity contribution is 0.0871. The maximum Gasteiger partial charge on any atom is 0.127 e. The minimum atomic E-state index is 0.0525. The highest BCUT2D eigenvalue weighted by Gasteiger charge is 2.31. The van der Waals surface area contributed by atoms with Gasteiger partial charge in [0, 0.05) is 29.8 Å². The zero-order valence-electron chi connectivity index (χ0n) is 20.1. The summed E-state index contributed by atoms with van der Waals surface area (Å²) in [5, 5.41) is 0. The van der Waals surface area contributed by atoms with Gasteiger partial charge in [0.2, 0.25) is 0 Å². The molecule has 1 aromatic carbocycles. The maximum atomic E-state index is 6.00. The maximum absolute atomic E-state index is 6.00. The average Bonchev–Trinajstić information content (AvgIpc) is 2.59. The summed E-state index contributed by atoms with van der Waals surface area (Å²) >= 11 is 0. The lowest BCUT2D eigenvalue weighted by Crippen LogP contribution is -2.49. The number of methoxy groups -OCH3 is 1. The van der Waals surface area contributed by atoms with Crippen molar-refractivity contribution in [3.63, 3.8) is 0 Å². The quantitative estimate of drug-likeness (QED) is 0.653. The van der Waals surface area contributed by atoms with Gasteiger partial charge >= 0.3 is 0 Å². The van der Waals surface area contributed by atoms with E-state index in [1.807, 2.05) is 7.11 Å². The predicted octanol–water partition coefficient (Wildman–Crippen LogP) is 5.59. The van der Waals surface area contributed by atoms with E-state index in [1.165, 1.54) is 42.4 Å². The number of ether oxygens (including phenoxy) is 1. The molecule has 0 spiro atoms. The summed E-state index contributed by atoms with van der Waals surface area (Å²) in [5.41, 5.74) is 4.21. The Morgan fingerprint density at radius 1 is 0.893 bits per heavy atom. The van der Waals surface area contributed by atoms with Gasteiger partial charge in [-0.15, -0.1) is 0 Å². The monoisotopic (exact) mass is 388 g/mol. The normalized spacial score (nSPS) is 21.4. The minimum absolute atomic E-state index is 0.0525. The third-order valence-corrected chi connectivity index (χ3v) is 6.39. The van der Waals surface area contributed by atoms with E-state index >= 15 is 0 Å². The Morgan fingerprint density at radius 2 is 1.46 bits per heavy atom. The van der Waals surface area contributed by atoms with Crippen molar-refractivity contribution in [3.05, 3.63) is 28.8 Å². The number of rotatable bonds is 5. The minimum Gasteiger partial charge on any atom is -0.496 e. The first-order chi connectivity index (χ1) is 12.9. The summed E-state index contributed by atoms with van der Waals surface area (Å²) in [6, 6.07) is 5.99. The molecule has 3 nitrogen and oxygen atoms in total. The van der Waals surface area contributed by atoms with Crippen LogP contribution in [0.2, 0.25) is 0 Å². The summed E-state index contributed by atoms with van der Waals surface area (Å²) in [6.45, 7) is 14.7. The van der Waals surface area contributed by atoms with Gasteiger partial charge in [-0.05, 0) is 50.4 Å². The smallest absolute Gasteiger partial charge is 0.127 e. The summed E-state index contributed by atoms with van der Waals surface area (Å²) in [4.78, 5) is 4.99. The molecular formula is C25H44N2O. The molecule has 1 saturated carbocycles. The van der Waals surface area contributed by atoms with E-state index in [9.17, 15) is 0 Å². The molecule has 1 aromatic rings. The Labute approximate surface area is 174 Å². The van der Waals surface area contributed by atoms with E-state index in [4.69, 9.17) is 4.74 Å². The molecule has 3 heteroatoms. The van der Waals surface area contributed by atoms with E-state index < -0.39 is 0 Å². The molecular weight excluding hydrogens is 344 g/mol. The van der Waals surface area contributed by atoms with Crippen LogP contribution in [-0.4, -0.2) is 50.1 Å². The van der Waals surface area contributed by atoms with Crippen molar-refractivity contribution in [2.75, 3.05) is 28.3 Å². The van der Waals surface area contributed by atoms with E-state index in [2.05, 4.69) is 84.6 Å². The summed E-state index contributed by atoms with van der Waals surface area (Å²) in [6.07, 6.45) is 5.27. The van der Waals surface area contributed by atoms with Gasteiger partial charge in [0.25, 0.3) is 0 Å². The van der Waals surface area contributed by atoms with Crippen molar-refractivity contribution >= 4 is 0 Å². The molecule has 0 bridgehead atoms. The summed E-state index contributed by atoms with van der Waals surface area (Å²) in [7, 11) is 8.59. The largest absolute Gasteiger partial charge is 0.496 e. The molecule has 0 aromatic heterocycles. The van der Waals surface area contributed by atoms with Gasteiger partial charge in [0.1, 0.15) is 5.75 Å². The first-order valence-electron chi connectivity index (χ1n) is 10.9. The van der Waals surface area contributed by atoms with Gasteiger partial charge in [-0.2, -0.15) is 0 Å². The highest BCUT2D eigenvalue weighted by atomic mass is 16.5. The van der Waals surface area contributed by atoms with E-state index in [0.717, 1.165) is 12.3 Å². The van der Waals surface area contributed by atoms with Crippen LogP contribution in [0, 0.1) is 0 Å². The lowest BCUT2D eigenvalue weighted by Gasteiger charge is -2.41. The molecule has 1 aliphatic rings. The molecule has 1 fully saturated rings. The number of hydrogen-bond donors (Lipinski definition) is 0. The fourth-order valence-corrected chi connectivity index (χ4v) is 4.63. The van der Waals surface area contributed by atoms with E-state index in [-0.39, 0.29) is 10.8 Å². The third-order valence-electron chi connectivity index (χ3n) is 6.39. The van der Waals surface area contributed by atoms with Crippen LogP contribution in [0.3, 0.4) is 0 Å². The molecule has 160 valence electrons. The molecule has 0 N–H and O–H groups in total. The van der Waals surface area contributed by atoms with Gasteiger partial charge in [-0.3, -0.25) is 4.90 Å². The molecule has 2 atom stereocenters. The molecule has 0 amide bonds. The molecule has 2 unspecified atom stereocenters. The van der Waals surface area contributed by atoms with Crippen molar-refractivity contribution in [3.8, 4) is 5.75 Å². The van der Waals surface area contributed by atoms with Gasteiger partial charge in [0.15, 0.2) is 0 Å². The van der Waals surface area contributed by atoms with Crippen LogP contribution in [0.15, 0.2) is 12.1 Å². The van der Waals surface area contributed by atoms with Gasteiger partial charge in [-0.1, -0.05) is 66.5 Å². The van der Waals surface area contributed by atoms with Gasteiger partial charge in [-0.25, -0.2) is 0 Å². The zero-order chi connectivity index (χ0) is 21.3. The highest BCUT2D eigenvalue weighted by Crippen LogP contribution is 2.39. The second-order valence-corrected chi connectivity index (χ2v) is 11.0. The Bertz CT molecular complexity index is 652. The van der Waals surface area contributed by atoms with Crippen molar-refractivity contribution in [2.45, 2.75) is 96.7 Å². The van der Waals surface area contributed by atoms with Crippen molar-refractivity contribution in [1.29, 1.82) is 0 Å². The van der Waals surface area contributed by atoms with Gasteiger partial charge < -0.3 is 9.64 Å². The van der Waals surface area contributed by atoms with Crippen LogP contribution < -0.4 is 4.74 Å². The highest BCUT2D eigenvalue weighted by molar-refractivity contribution is 5.49. The topological polar surface area (TPSA) is 15.7 Å². The first kappa shape index (κ1) is 23.2. The second kappa shape index (κ2) is 8.75. The van der Waals surface area contributed by atoms with Gasteiger partial charge in [0.05, 0.1) is 7.11 Å². The fraction of sp³-hybridized carbons (Fsp3) is 0.760. The Kier molecular flexibility index (Phi) is 7.26. The Balaban J connectivity index is 2.45. The van der Waals surface area contributed by atoms with E-state index in [1.54, 1.807) is 0 Å². The Hall–Kier alpha value is -1.06. The fourth-order valence-electron chi connectivity index (χ4n) is 4.63. The second-order valence-electron chi connectivity index (χ2n) is 11.0. The van der Waals surface area contributed by atoms with Crippen molar-refractivity contribution < 1.29 is 4.74 Å². The molecule has 0 aliphatic heterocycles. The van der Waals surface area contributed by atoms with Crippen molar-refractivity contribution in [2.24, 2.45) is 0 Å². The SMILES string of the molecule is COc1c(CN(C)C2CCCCC2N(C)C)cc(C(C)(C)C)cc1C(C)(C)C. The average molecular weight is 389 g/mol. The molecule has 2 rings (SSSR count). The molecule has 0 radical (unpaired) electrons. The van der Waals surface area contributed by atoms with Crippen molar-refractivity contribution in [1.82, 2.24) is 9.80 Å². The first-order valence-corrected chi connectivity index (χ1v) is 10.9. The standard InChI is InChI=1S/C25H44N2O/c1-24(2,3)19-15-18(23(28-10)20(16-19)25(4,5)6)17-27(9)22-14-12-11-13-21(22)26(7)8/h15-16,21-22H,11-14,17H2,1-10H3. The number of likely N-dealkylation sites (N-methyl/N-ethyl adjacent to an activating group) is 2. The molecule has 1 aliphatic carbocycles. The van der Waals surface area contributed by atoms with E-state index in [0.29, 0.717) is 12.1 Å².